The van der Waals surface area contributed by atoms with Gasteiger partial charge in [-0.3, -0.25) is 0 Å². The fraction of sp³-hybridized carbons (Fsp3) is 0.889. The first kappa shape index (κ1) is 12.2. The highest BCUT2D eigenvalue weighted by Crippen LogP contribution is 1.99. The average Bonchev–Trinajstić information content (AvgIpc) is 2.14. The van der Waals surface area contributed by atoms with Gasteiger partial charge in [-0.15, -0.1) is 0 Å². The first-order chi connectivity index (χ1) is 6.02. The van der Waals surface area contributed by atoms with E-state index in [0.29, 0.717) is 12.5 Å². The van der Waals surface area contributed by atoms with E-state index < -0.39 is 0 Å². The topological polar surface area (TPSA) is 49.6 Å². The molecule has 4 heteroatoms. The summed E-state index contributed by atoms with van der Waals surface area (Å²) in [5.74, 6) is 0.360. The SMILES string of the molecule is CCN(C)C(=O)N(C)CC(C)CN. The van der Waals surface area contributed by atoms with Crippen LogP contribution in [0.25, 0.3) is 0 Å². The molecule has 0 aliphatic carbocycles. The van der Waals surface area contributed by atoms with Crippen LogP contribution in [0.2, 0.25) is 0 Å². The number of amides is 2. The first-order valence-corrected chi connectivity index (χ1v) is 4.69. The van der Waals surface area contributed by atoms with E-state index in [0.717, 1.165) is 13.1 Å². The lowest BCUT2D eigenvalue weighted by Gasteiger charge is -2.25. The first-order valence-electron chi connectivity index (χ1n) is 4.69. The summed E-state index contributed by atoms with van der Waals surface area (Å²) in [5, 5.41) is 0. The summed E-state index contributed by atoms with van der Waals surface area (Å²) in [6.45, 7) is 6.07. The Kier molecular flexibility index (Phi) is 5.46. The van der Waals surface area contributed by atoms with Gasteiger partial charge in [-0.2, -0.15) is 0 Å². The molecule has 0 rings (SSSR count). The van der Waals surface area contributed by atoms with Gasteiger partial charge in [-0.25, -0.2) is 4.79 Å². The number of urea groups is 1. The molecule has 78 valence electrons. The maximum absolute atomic E-state index is 11.5. The normalized spacial score (nSPS) is 12.4. The Labute approximate surface area is 80.7 Å². The molecular weight excluding hydrogens is 166 g/mol. The van der Waals surface area contributed by atoms with Crippen LogP contribution in [0.5, 0.6) is 0 Å². The highest BCUT2D eigenvalue weighted by molar-refractivity contribution is 5.73. The number of nitrogens with two attached hydrogens (primary N) is 1. The van der Waals surface area contributed by atoms with E-state index in [9.17, 15) is 4.79 Å². The molecule has 0 fully saturated rings. The minimum Gasteiger partial charge on any atom is -0.330 e. The Balaban J connectivity index is 3.95. The van der Waals surface area contributed by atoms with Crippen LogP contribution in [0.3, 0.4) is 0 Å². The third-order valence-electron chi connectivity index (χ3n) is 2.12. The zero-order valence-electron chi connectivity index (χ0n) is 9.08. The summed E-state index contributed by atoms with van der Waals surface area (Å²) < 4.78 is 0. The molecule has 0 aliphatic heterocycles. The van der Waals surface area contributed by atoms with E-state index in [1.54, 1.807) is 23.9 Å². The third-order valence-corrected chi connectivity index (χ3v) is 2.12. The van der Waals surface area contributed by atoms with E-state index in [4.69, 9.17) is 5.73 Å². The standard InChI is InChI=1S/C9H21N3O/c1-5-11(3)9(13)12(4)7-8(2)6-10/h8H,5-7,10H2,1-4H3. The Bertz CT molecular complexity index is 161. The van der Waals surface area contributed by atoms with Gasteiger partial charge in [0, 0.05) is 27.2 Å². The molecule has 2 amide bonds. The molecule has 0 aromatic rings. The van der Waals surface area contributed by atoms with Gasteiger partial charge in [0.05, 0.1) is 0 Å². The van der Waals surface area contributed by atoms with Crippen molar-refractivity contribution in [3.8, 4) is 0 Å². The number of carbonyl (C=O) groups is 1. The molecule has 0 aromatic carbocycles. The molecule has 13 heavy (non-hydrogen) atoms. The lowest BCUT2D eigenvalue weighted by atomic mass is 10.2. The zero-order valence-corrected chi connectivity index (χ0v) is 9.08. The van der Waals surface area contributed by atoms with Crippen molar-refractivity contribution in [1.82, 2.24) is 9.80 Å². The Morgan fingerprint density at radius 1 is 1.38 bits per heavy atom. The van der Waals surface area contributed by atoms with Crippen molar-refractivity contribution in [3.63, 3.8) is 0 Å². The maximum Gasteiger partial charge on any atom is 0.319 e. The quantitative estimate of drug-likeness (QED) is 0.700. The highest BCUT2D eigenvalue weighted by atomic mass is 16.2. The molecule has 2 N–H and O–H groups in total. The summed E-state index contributed by atoms with van der Waals surface area (Å²) in [6, 6.07) is 0.0581. The van der Waals surface area contributed by atoms with E-state index in [2.05, 4.69) is 0 Å². The number of rotatable bonds is 4. The van der Waals surface area contributed by atoms with Crippen molar-refractivity contribution in [1.29, 1.82) is 0 Å². The van der Waals surface area contributed by atoms with Gasteiger partial charge in [0.15, 0.2) is 0 Å². The molecule has 0 heterocycles. The molecule has 0 radical (unpaired) electrons. The van der Waals surface area contributed by atoms with Crippen LogP contribution in [-0.2, 0) is 0 Å². The van der Waals surface area contributed by atoms with E-state index in [1.165, 1.54) is 0 Å². The second-order valence-electron chi connectivity index (χ2n) is 3.52. The average molecular weight is 187 g/mol. The molecule has 0 bridgehead atoms. The van der Waals surface area contributed by atoms with Crippen LogP contribution in [0.1, 0.15) is 13.8 Å². The van der Waals surface area contributed by atoms with Crippen LogP contribution in [0.4, 0.5) is 4.79 Å². The van der Waals surface area contributed by atoms with E-state index in [1.807, 2.05) is 13.8 Å². The predicted molar refractivity (Wildman–Crippen MR) is 54.5 cm³/mol. The molecule has 0 saturated heterocycles. The predicted octanol–water partition coefficient (Wildman–Crippen LogP) is 0.585. The lowest BCUT2D eigenvalue weighted by molar-refractivity contribution is 0.169. The van der Waals surface area contributed by atoms with E-state index in [-0.39, 0.29) is 6.03 Å². The maximum atomic E-state index is 11.5. The monoisotopic (exact) mass is 187 g/mol. The Morgan fingerprint density at radius 2 is 1.92 bits per heavy atom. The van der Waals surface area contributed by atoms with Crippen molar-refractivity contribution in [2.24, 2.45) is 11.7 Å². The Hall–Kier alpha value is -0.770. The number of hydrogen-bond acceptors (Lipinski definition) is 2. The molecule has 0 aliphatic rings. The van der Waals surface area contributed by atoms with Crippen molar-refractivity contribution in [3.05, 3.63) is 0 Å². The molecule has 1 atom stereocenters. The minimum atomic E-state index is 0.0581. The molecule has 4 nitrogen and oxygen atoms in total. The fourth-order valence-electron chi connectivity index (χ4n) is 1.05. The largest absolute Gasteiger partial charge is 0.330 e. The van der Waals surface area contributed by atoms with Crippen LogP contribution in [0.15, 0.2) is 0 Å². The second-order valence-corrected chi connectivity index (χ2v) is 3.52. The fourth-order valence-corrected chi connectivity index (χ4v) is 1.05. The van der Waals surface area contributed by atoms with Crippen molar-refractivity contribution >= 4 is 6.03 Å². The van der Waals surface area contributed by atoms with Crippen LogP contribution in [-0.4, -0.2) is 49.6 Å². The van der Waals surface area contributed by atoms with Crippen molar-refractivity contribution in [2.45, 2.75) is 13.8 Å². The summed E-state index contributed by atoms with van der Waals surface area (Å²) in [7, 11) is 3.60. The third kappa shape index (κ3) is 4.12. The smallest absolute Gasteiger partial charge is 0.319 e. The van der Waals surface area contributed by atoms with Gasteiger partial charge in [0.25, 0.3) is 0 Å². The van der Waals surface area contributed by atoms with E-state index >= 15 is 0 Å². The van der Waals surface area contributed by atoms with Gasteiger partial charge in [0.1, 0.15) is 0 Å². The highest BCUT2D eigenvalue weighted by Gasteiger charge is 2.13. The number of carbonyl (C=O) groups excluding carboxylic acids is 1. The van der Waals surface area contributed by atoms with Crippen LogP contribution in [0, 0.1) is 5.92 Å². The minimum absolute atomic E-state index is 0.0581. The van der Waals surface area contributed by atoms with Gasteiger partial charge < -0.3 is 15.5 Å². The molecule has 1 unspecified atom stereocenters. The van der Waals surface area contributed by atoms with Gasteiger partial charge in [-0.1, -0.05) is 6.92 Å². The van der Waals surface area contributed by atoms with Gasteiger partial charge >= 0.3 is 6.03 Å². The lowest BCUT2D eigenvalue weighted by Crippen LogP contribution is -2.41. The summed E-state index contributed by atoms with van der Waals surface area (Å²) in [5.41, 5.74) is 5.48. The van der Waals surface area contributed by atoms with Gasteiger partial charge in [0.2, 0.25) is 0 Å². The van der Waals surface area contributed by atoms with Crippen molar-refractivity contribution < 1.29 is 4.79 Å². The molecule has 0 spiro atoms. The second kappa shape index (κ2) is 5.80. The number of hydrogen-bond donors (Lipinski definition) is 1. The summed E-state index contributed by atoms with van der Waals surface area (Å²) in [6.07, 6.45) is 0. The van der Waals surface area contributed by atoms with Crippen LogP contribution < -0.4 is 5.73 Å². The van der Waals surface area contributed by atoms with Crippen molar-refractivity contribution in [2.75, 3.05) is 33.7 Å². The van der Waals surface area contributed by atoms with Gasteiger partial charge in [-0.05, 0) is 19.4 Å². The zero-order chi connectivity index (χ0) is 10.4. The molecule has 0 aromatic heterocycles. The van der Waals surface area contributed by atoms with Crippen LogP contribution >= 0.6 is 0 Å². The molecule has 0 saturated carbocycles. The summed E-state index contributed by atoms with van der Waals surface area (Å²) in [4.78, 5) is 14.9. The Morgan fingerprint density at radius 3 is 2.31 bits per heavy atom. The molecular formula is C9H21N3O. The number of nitrogens with zero attached hydrogens (tertiary/aromatic N) is 2. The summed E-state index contributed by atoms with van der Waals surface area (Å²) >= 11 is 0.